The molecule has 3 fully saturated rings. The Morgan fingerprint density at radius 3 is 2.39 bits per heavy atom. The van der Waals surface area contributed by atoms with E-state index in [1.807, 2.05) is 0 Å². The van der Waals surface area contributed by atoms with Crippen LogP contribution in [0.25, 0.3) is 0 Å². The fourth-order valence-corrected chi connectivity index (χ4v) is 5.23. The third-order valence-electron chi connectivity index (χ3n) is 7.36. The van der Waals surface area contributed by atoms with Crippen LogP contribution in [0.15, 0.2) is 0 Å². The molecule has 3 rings (SSSR count). The Balaban J connectivity index is 1.64. The number of likely N-dealkylation sites (tertiary alicyclic amines) is 1. The summed E-state index contributed by atoms with van der Waals surface area (Å²) in [6, 6.07) is 1.65. The van der Waals surface area contributed by atoms with Gasteiger partial charge in [0.25, 0.3) is 0 Å². The Labute approximate surface area is 197 Å². The van der Waals surface area contributed by atoms with Crippen LogP contribution < -0.4 is 16.0 Å². The lowest BCUT2D eigenvalue weighted by molar-refractivity contribution is -0.133. The topological polar surface area (TPSA) is 124 Å². The second-order valence-corrected chi connectivity index (χ2v) is 9.69. The van der Waals surface area contributed by atoms with E-state index >= 15 is 0 Å². The molecular weight excluding hydrogens is 422 g/mol. The Morgan fingerprint density at radius 2 is 1.79 bits per heavy atom. The van der Waals surface area contributed by atoms with Gasteiger partial charge in [-0.25, -0.2) is 4.79 Å². The molecule has 0 aromatic heterocycles. The van der Waals surface area contributed by atoms with E-state index in [2.05, 4.69) is 22.0 Å². The van der Waals surface area contributed by atoms with Gasteiger partial charge in [-0.2, -0.15) is 5.26 Å². The number of piperidine rings is 2. The lowest BCUT2D eigenvalue weighted by atomic mass is 9.83. The molecule has 3 N–H and O–H groups in total. The summed E-state index contributed by atoms with van der Waals surface area (Å²) in [5.41, 5.74) is -1.04. The number of ether oxygens (including phenoxy) is 1. The van der Waals surface area contributed by atoms with Gasteiger partial charge in [0.2, 0.25) is 11.8 Å². The summed E-state index contributed by atoms with van der Waals surface area (Å²) in [6.45, 7) is 4.38. The van der Waals surface area contributed by atoms with Crippen LogP contribution in [0.5, 0.6) is 0 Å². The van der Waals surface area contributed by atoms with Crippen LogP contribution in [-0.4, -0.2) is 67.2 Å². The van der Waals surface area contributed by atoms with E-state index in [-0.39, 0.29) is 23.8 Å². The number of nitrogens with one attached hydrogen (secondary N) is 3. The van der Waals surface area contributed by atoms with Gasteiger partial charge >= 0.3 is 6.09 Å². The van der Waals surface area contributed by atoms with E-state index < -0.39 is 11.6 Å². The second kappa shape index (κ2) is 12.2. The van der Waals surface area contributed by atoms with E-state index in [0.29, 0.717) is 44.9 Å². The van der Waals surface area contributed by atoms with Crippen molar-refractivity contribution in [3.8, 4) is 6.07 Å². The van der Waals surface area contributed by atoms with E-state index in [1.165, 1.54) is 6.42 Å². The van der Waals surface area contributed by atoms with E-state index in [0.717, 1.165) is 51.6 Å². The molecule has 0 radical (unpaired) electrons. The molecule has 9 heteroatoms. The van der Waals surface area contributed by atoms with E-state index in [1.54, 1.807) is 11.8 Å². The highest BCUT2D eigenvalue weighted by molar-refractivity contribution is 5.89. The molecule has 9 nitrogen and oxygen atoms in total. The SMILES string of the molecule is CCOC(=O)N1CCC(C#N)(NC(=O)C(CC2CCCCC2)NC(=O)C2CCNCC2)CC1. The van der Waals surface area contributed by atoms with E-state index in [9.17, 15) is 19.6 Å². The predicted octanol–water partition coefficient (Wildman–Crippen LogP) is 2.07. The van der Waals surface area contributed by atoms with Crippen LogP contribution in [0.1, 0.15) is 71.1 Å². The smallest absolute Gasteiger partial charge is 0.409 e. The third-order valence-corrected chi connectivity index (χ3v) is 7.36. The third kappa shape index (κ3) is 7.07. The van der Waals surface area contributed by atoms with Gasteiger partial charge in [-0.15, -0.1) is 0 Å². The van der Waals surface area contributed by atoms with Gasteiger partial charge in [-0.1, -0.05) is 32.1 Å². The van der Waals surface area contributed by atoms with Gasteiger partial charge in [0.1, 0.15) is 11.6 Å². The zero-order chi connectivity index (χ0) is 23.7. The molecule has 3 amide bonds. The number of nitrogens with zero attached hydrogens (tertiary/aromatic N) is 2. The van der Waals surface area contributed by atoms with Crippen molar-refractivity contribution < 1.29 is 19.1 Å². The van der Waals surface area contributed by atoms with Crippen molar-refractivity contribution in [1.82, 2.24) is 20.9 Å². The van der Waals surface area contributed by atoms with Crippen molar-refractivity contribution in [2.24, 2.45) is 11.8 Å². The number of carbonyl (C=O) groups is 3. The average Bonchev–Trinajstić information content (AvgIpc) is 2.85. The van der Waals surface area contributed by atoms with Crippen LogP contribution in [0, 0.1) is 23.2 Å². The van der Waals surface area contributed by atoms with Gasteiger partial charge in [0, 0.05) is 31.8 Å². The first-order valence-corrected chi connectivity index (χ1v) is 12.6. The Bertz CT molecular complexity index is 717. The predicted molar refractivity (Wildman–Crippen MR) is 123 cm³/mol. The number of amides is 3. The largest absolute Gasteiger partial charge is 0.450 e. The first-order valence-electron chi connectivity index (χ1n) is 12.6. The molecule has 0 spiro atoms. The summed E-state index contributed by atoms with van der Waals surface area (Å²) in [6.07, 6.45) is 8.14. The van der Waals surface area contributed by atoms with Crippen molar-refractivity contribution >= 4 is 17.9 Å². The highest BCUT2D eigenvalue weighted by Gasteiger charge is 2.40. The van der Waals surface area contributed by atoms with Crippen LogP contribution >= 0.6 is 0 Å². The fraction of sp³-hybridized carbons (Fsp3) is 0.833. The van der Waals surface area contributed by atoms with Gasteiger partial charge in [-0.05, 0) is 45.2 Å². The molecule has 184 valence electrons. The maximum Gasteiger partial charge on any atom is 0.409 e. The lowest BCUT2D eigenvalue weighted by Gasteiger charge is -2.38. The number of rotatable bonds is 7. The van der Waals surface area contributed by atoms with Gasteiger partial charge in [0.15, 0.2) is 0 Å². The van der Waals surface area contributed by atoms with Gasteiger partial charge < -0.3 is 25.6 Å². The Kier molecular flexibility index (Phi) is 9.36. The molecule has 1 aliphatic carbocycles. The molecule has 1 saturated carbocycles. The number of carbonyl (C=O) groups excluding carboxylic acids is 3. The first kappa shape index (κ1) is 25.3. The molecule has 1 atom stereocenters. The molecular formula is C24H39N5O4. The molecule has 2 aliphatic heterocycles. The minimum atomic E-state index is -1.04. The molecule has 1 unspecified atom stereocenters. The molecule has 0 aromatic carbocycles. The fourth-order valence-electron chi connectivity index (χ4n) is 5.23. The van der Waals surface area contributed by atoms with Crippen molar-refractivity contribution in [3.05, 3.63) is 0 Å². The number of hydrogen-bond acceptors (Lipinski definition) is 6. The van der Waals surface area contributed by atoms with Crippen molar-refractivity contribution in [1.29, 1.82) is 5.26 Å². The lowest BCUT2D eigenvalue weighted by Crippen LogP contribution is -2.60. The van der Waals surface area contributed by atoms with Crippen molar-refractivity contribution in [2.45, 2.75) is 82.7 Å². The Morgan fingerprint density at radius 1 is 1.12 bits per heavy atom. The highest BCUT2D eigenvalue weighted by Crippen LogP contribution is 2.28. The minimum absolute atomic E-state index is 0.0596. The molecule has 0 aromatic rings. The quantitative estimate of drug-likeness (QED) is 0.533. The zero-order valence-corrected chi connectivity index (χ0v) is 19.9. The summed E-state index contributed by atoms with van der Waals surface area (Å²) in [4.78, 5) is 39.9. The summed E-state index contributed by atoms with van der Waals surface area (Å²) < 4.78 is 5.05. The summed E-state index contributed by atoms with van der Waals surface area (Å²) in [7, 11) is 0. The second-order valence-electron chi connectivity index (χ2n) is 9.69. The molecule has 2 saturated heterocycles. The summed E-state index contributed by atoms with van der Waals surface area (Å²) >= 11 is 0. The maximum absolute atomic E-state index is 13.4. The number of hydrogen-bond donors (Lipinski definition) is 3. The Hall–Kier alpha value is -2.34. The first-order chi connectivity index (χ1) is 16.0. The average molecular weight is 462 g/mol. The monoisotopic (exact) mass is 461 g/mol. The van der Waals surface area contributed by atoms with Gasteiger partial charge in [-0.3, -0.25) is 9.59 Å². The maximum atomic E-state index is 13.4. The van der Waals surface area contributed by atoms with Gasteiger partial charge in [0.05, 0.1) is 12.7 Å². The highest BCUT2D eigenvalue weighted by atomic mass is 16.6. The molecule has 3 aliphatic rings. The molecule has 33 heavy (non-hydrogen) atoms. The molecule has 0 bridgehead atoms. The minimum Gasteiger partial charge on any atom is -0.450 e. The number of nitriles is 1. The van der Waals surface area contributed by atoms with Crippen LogP contribution in [0.3, 0.4) is 0 Å². The van der Waals surface area contributed by atoms with Crippen molar-refractivity contribution in [3.63, 3.8) is 0 Å². The normalized spacial score (nSPS) is 22.6. The summed E-state index contributed by atoms with van der Waals surface area (Å²) in [5.74, 6) is -0.0123. The van der Waals surface area contributed by atoms with Crippen molar-refractivity contribution in [2.75, 3.05) is 32.8 Å². The van der Waals surface area contributed by atoms with Crippen LogP contribution in [0.2, 0.25) is 0 Å². The van der Waals surface area contributed by atoms with Crippen LogP contribution in [0.4, 0.5) is 4.79 Å². The standard InChI is InChI=1S/C24H39N5O4/c1-2-33-23(32)29-14-10-24(17-25,11-15-29)28-22(31)20(16-18-6-4-3-5-7-18)27-21(30)19-8-12-26-13-9-19/h18-20,26H,2-16H2,1H3,(H,27,30)(H,28,31). The van der Waals surface area contributed by atoms with E-state index in [4.69, 9.17) is 4.74 Å². The zero-order valence-electron chi connectivity index (χ0n) is 19.9. The van der Waals surface area contributed by atoms with Crippen LogP contribution in [-0.2, 0) is 14.3 Å². The summed E-state index contributed by atoms with van der Waals surface area (Å²) in [5, 5.41) is 19.2. The molecule has 2 heterocycles.